The number of thiazole rings is 1. The van der Waals surface area contributed by atoms with Gasteiger partial charge in [0.1, 0.15) is 10.8 Å². The molecule has 1 aromatic carbocycles. The summed E-state index contributed by atoms with van der Waals surface area (Å²) in [7, 11) is 0. The van der Waals surface area contributed by atoms with Gasteiger partial charge in [-0.05, 0) is 44.9 Å². The zero-order valence-electron chi connectivity index (χ0n) is 16.0. The third kappa shape index (κ3) is 7.49. The Kier molecular flexibility index (Phi) is 10.6. The predicted octanol–water partition coefficient (Wildman–Crippen LogP) is 4.42. The first-order chi connectivity index (χ1) is 12.1. The minimum absolute atomic E-state index is 0. The van der Waals surface area contributed by atoms with Gasteiger partial charge in [-0.15, -0.1) is 35.3 Å². The summed E-state index contributed by atoms with van der Waals surface area (Å²) >= 11 is 1.73. The summed E-state index contributed by atoms with van der Waals surface area (Å²) in [4.78, 5) is 10.5. The van der Waals surface area contributed by atoms with Crippen molar-refractivity contribution in [3.05, 3.63) is 45.4 Å². The van der Waals surface area contributed by atoms with Gasteiger partial charge < -0.3 is 15.4 Å². The second kappa shape index (κ2) is 12.1. The molecule has 26 heavy (non-hydrogen) atoms. The first-order valence-electron chi connectivity index (χ1n) is 8.79. The van der Waals surface area contributed by atoms with Crippen molar-refractivity contribution in [1.82, 2.24) is 15.6 Å². The number of nitrogens with zero attached hydrogens (tertiary/aromatic N) is 2. The van der Waals surface area contributed by atoms with Crippen LogP contribution in [0.25, 0.3) is 0 Å². The number of rotatable bonds is 8. The third-order valence-electron chi connectivity index (χ3n) is 3.62. The lowest BCUT2D eigenvalue weighted by Crippen LogP contribution is -2.36. The van der Waals surface area contributed by atoms with E-state index < -0.39 is 0 Å². The number of hydrogen-bond acceptors (Lipinski definition) is 4. The summed E-state index contributed by atoms with van der Waals surface area (Å²) in [6, 6.07) is 8.12. The molecule has 0 spiro atoms. The molecule has 0 radical (unpaired) electrons. The van der Waals surface area contributed by atoms with Crippen LogP contribution in [0.5, 0.6) is 5.75 Å². The first-order valence-corrected chi connectivity index (χ1v) is 9.60. The maximum Gasteiger partial charge on any atom is 0.191 e. The monoisotopic (exact) mass is 488 g/mol. The quantitative estimate of drug-likeness (QED) is 0.328. The van der Waals surface area contributed by atoms with Gasteiger partial charge in [-0.25, -0.2) is 9.98 Å². The average molecular weight is 488 g/mol. The molecule has 5 nitrogen and oxygen atoms in total. The standard InChI is InChI=1S/C19H28N4OS.HI/c1-5-10-24-17-9-7-8-16(11-17)12-21-19(20-6-2)22-13-18-23-14(3)15(4)25-18;/h7-9,11H,5-6,10,12-13H2,1-4H3,(H2,20,21,22);1H. The summed E-state index contributed by atoms with van der Waals surface area (Å²) < 4.78 is 5.68. The number of benzene rings is 1. The van der Waals surface area contributed by atoms with E-state index in [0.29, 0.717) is 13.1 Å². The van der Waals surface area contributed by atoms with Crippen molar-refractivity contribution in [2.75, 3.05) is 13.2 Å². The smallest absolute Gasteiger partial charge is 0.191 e. The first kappa shape index (κ1) is 22.7. The minimum Gasteiger partial charge on any atom is -0.494 e. The second-order valence-corrected chi connectivity index (χ2v) is 7.08. The van der Waals surface area contributed by atoms with E-state index >= 15 is 0 Å². The van der Waals surface area contributed by atoms with Gasteiger partial charge in [-0.1, -0.05) is 19.1 Å². The molecule has 1 aromatic heterocycles. The van der Waals surface area contributed by atoms with Crippen LogP contribution in [0.2, 0.25) is 0 Å². The van der Waals surface area contributed by atoms with E-state index in [-0.39, 0.29) is 24.0 Å². The van der Waals surface area contributed by atoms with Gasteiger partial charge in [0.2, 0.25) is 0 Å². The Morgan fingerprint density at radius 2 is 2.04 bits per heavy atom. The summed E-state index contributed by atoms with van der Waals surface area (Å²) in [5, 5.41) is 7.71. The summed E-state index contributed by atoms with van der Waals surface area (Å²) in [5.74, 6) is 1.70. The zero-order valence-corrected chi connectivity index (χ0v) is 19.1. The Balaban J connectivity index is 0.00000338. The summed E-state index contributed by atoms with van der Waals surface area (Å²) in [6.45, 7) is 11.2. The molecular formula is C19H29IN4OS. The molecule has 0 amide bonds. The Labute approximate surface area is 177 Å². The van der Waals surface area contributed by atoms with E-state index in [4.69, 9.17) is 4.74 Å². The van der Waals surface area contributed by atoms with E-state index in [2.05, 4.69) is 53.5 Å². The number of aryl methyl sites for hydroxylation is 2. The Morgan fingerprint density at radius 1 is 1.23 bits per heavy atom. The van der Waals surface area contributed by atoms with Crippen LogP contribution in [0.4, 0.5) is 0 Å². The maximum atomic E-state index is 5.68. The van der Waals surface area contributed by atoms with Crippen molar-refractivity contribution in [1.29, 1.82) is 0 Å². The van der Waals surface area contributed by atoms with Gasteiger partial charge in [0.15, 0.2) is 5.96 Å². The number of aliphatic imine (C=N–C) groups is 1. The summed E-state index contributed by atoms with van der Waals surface area (Å²) in [6.07, 6.45) is 1.01. The normalized spacial score (nSPS) is 11.0. The molecule has 0 saturated carbocycles. The lowest BCUT2D eigenvalue weighted by Gasteiger charge is -2.10. The number of halogens is 1. The topological polar surface area (TPSA) is 58.5 Å². The fourth-order valence-corrected chi connectivity index (χ4v) is 3.11. The molecule has 0 saturated heterocycles. The van der Waals surface area contributed by atoms with Crippen molar-refractivity contribution in [3.8, 4) is 5.75 Å². The van der Waals surface area contributed by atoms with Crippen LogP contribution >= 0.6 is 35.3 Å². The van der Waals surface area contributed by atoms with Gasteiger partial charge in [0.05, 0.1) is 25.4 Å². The van der Waals surface area contributed by atoms with E-state index in [9.17, 15) is 0 Å². The predicted molar refractivity (Wildman–Crippen MR) is 121 cm³/mol. The third-order valence-corrected chi connectivity index (χ3v) is 4.69. The van der Waals surface area contributed by atoms with Crippen LogP contribution in [0, 0.1) is 13.8 Å². The van der Waals surface area contributed by atoms with Crippen LogP contribution in [-0.2, 0) is 13.1 Å². The van der Waals surface area contributed by atoms with Gasteiger partial charge >= 0.3 is 0 Å². The molecule has 0 aliphatic heterocycles. The highest BCUT2D eigenvalue weighted by Gasteiger charge is 2.05. The van der Waals surface area contributed by atoms with E-state index in [1.54, 1.807) is 11.3 Å². The average Bonchev–Trinajstić information content (AvgIpc) is 2.94. The highest BCUT2D eigenvalue weighted by molar-refractivity contribution is 14.0. The molecule has 2 aromatic rings. The van der Waals surface area contributed by atoms with E-state index in [1.165, 1.54) is 4.88 Å². The van der Waals surface area contributed by atoms with Crippen molar-refractivity contribution in [2.24, 2.45) is 4.99 Å². The number of hydrogen-bond donors (Lipinski definition) is 2. The van der Waals surface area contributed by atoms with E-state index in [0.717, 1.165) is 47.5 Å². The molecule has 144 valence electrons. The van der Waals surface area contributed by atoms with E-state index in [1.807, 2.05) is 19.1 Å². The Hall–Kier alpha value is -1.35. The molecule has 0 aliphatic carbocycles. The molecular weight excluding hydrogens is 459 g/mol. The SMILES string of the molecule is CCCOc1cccc(CN=C(NCC)NCc2nc(C)c(C)s2)c1.I. The lowest BCUT2D eigenvalue weighted by molar-refractivity contribution is 0.317. The number of guanidine groups is 1. The van der Waals surface area contributed by atoms with Crippen LogP contribution in [0.3, 0.4) is 0 Å². The Bertz CT molecular complexity index is 683. The van der Waals surface area contributed by atoms with Crippen LogP contribution < -0.4 is 15.4 Å². The Morgan fingerprint density at radius 3 is 2.69 bits per heavy atom. The largest absolute Gasteiger partial charge is 0.494 e. The van der Waals surface area contributed by atoms with Gasteiger partial charge in [0, 0.05) is 11.4 Å². The molecule has 7 heteroatoms. The molecule has 2 N–H and O–H groups in total. The van der Waals surface area contributed by atoms with Gasteiger partial charge in [0.25, 0.3) is 0 Å². The van der Waals surface area contributed by atoms with Crippen molar-refractivity contribution >= 4 is 41.3 Å². The summed E-state index contributed by atoms with van der Waals surface area (Å²) in [5.41, 5.74) is 2.24. The van der Waals surface area contributed by atoms with Crippen molar-refractivity contribution < 1.29 is 4.74 Å². The molecule has 0 bridgehead atoms. The highest BCUT2D eigenvalue weighted by Crippen LogP contribution is 2.16. The second-order valence-electron chi connectivity index (χ2n) is 5.79. The van der Waals surface area contributed by atoms with Gasteiger partial charge in [-0.3, -0.25) is 0 Å². The zero-order chi connectivity index (χ0) is 18.1. The van der Waals surface area contributed by atoms with Crippen LogP contribution in [0.1, 0.15) is 41.4 Å². The lowest BCUT2D eigenvalue weighted by atomic mass is 10.2. The molecule has 0 unspecified atom stereocenters. The van der Waals surface area contributed by atoms with Crippen molar-refractivity contribution in [2.45, 2.75) is 47.2 Å². The van der Waals surface area contributed by atoms with Crippen LogP contribution in [0.15, 0.2) is 29.3 Å². The maximum absolute atomic E-state index is 5.68. The molecule has 1 heterocycles. The molecule has 2 rings (SSSR count). The van der Waals surface area contributed by atoms with Gasteiger partial charge in [-0.2, -0.15) is 0 Å². The molecule has 0 atom stereocenters. The molecule has 0 fully saturated rings. The number of nitrogens with one attached hydrogen (secondary N) is 2. The number of ether oxygens (including phenoxy) is 1. The van der Waals surface area contributed by atoms with Crippen LogP contribution in [-0.4, -0.2) is 24.1 Å². The molecule has 0 aliphatic rings. The fraction of sp³-hybridized carbons (Fsp3) is 0.474. The highest BCUT2D eigenvalue weighted by atomic mass is 127. The fourth-order valence-electron chi connectivity index (χ4n) is 2.24. The minimum atomic E-state index is 0. The van der Waals surface area contributed by atoms with Crippen molar-refractivity contribution in [3.63, 3.8) is 0 Å². The number of aromatic nitrogens is 1.